The third kappa shape index (κ3) is 3.11. The third-order valence-corrected chi connectivity index (χ3v) is 3.19. The van der Waals surface area contributed by atoms with Crippen molar-refractivity contribution in [1.82, 2.24) is 19.9 Å². The summed E-state index contributed by atoms with van der Waals surface area (Å²) in [7, 11) is 0. The first-order valence-corrected chi connectivity index (χ1v) is 7.11. The highest BCUT2D eigenvalue weighted by molar-refractivity contribution is 5.88. The number of nitrogens with one attached hydrogen (secondary N) is 2. The minimum atomic E-state index is -0.304. The molecule has 0 atom stereocenters. The average molecular weight is 306 g/mol. The van der Waals surface area contributed by atoms with E-state index in [0.29, 0.717) is 29.3 Å². The van der Waals surface area contributed by atoms with E-state index in [-0.39, 0.29) is 6.03 Å². The molecule has 2 amide bonds. The topological polar surface area (TPSA) is 95.1 Å². The summed E-state index contributed by atoms with van der Waals surface area (Å²) in [6.45, 7) is 2.38. The molecule has 23 heavy (non-hydrogen) atoms. The molecule has 3 rings (SSSR count). The van der Waals surface area contributed by atoms with Gasteiger partial charge in [0.25, 0.3) is 0 Å². The molecule has 0 aliphatic carbocycles. The third-order valence-electron chi connectivity index (χ3n) is 3.19. The van der Waals surface area contributed by atoms with E-state index in [4.69, 9.17) is 5.26 Å². The fourth-order valence-electron chi connectivity index (χ4n) is 2.16. The first-order chi connectivity index (χ1) is 11.2. The Labute approximate surface area is 132 Å². The van der Waals surface area contributed by atoms with E-state index in [0.717, 1.165) is 5.56 Å². The normalized spacial score (nSPS) is 10.3. The van der Waals surface area contributed by atoms with Crippen molar-refractivity contribution < 1.29 is 4.79 Å². The van der Waals surface area contributed by atoms with Crippen molar-refractivity contribution in [3.63, 3.8) is 0 Å². The van der Waals surface area contributed by atoms with Crippen LogP contribution in [0.3, 0.4) is 0 Å². The molecule has 0 radical (unpaired) electrons. The van der Waals surface area contributed by atoms with Gasteiger partial charge >= 0.3 is 6.03 Å². The maximum absolute atomic E-state index is 11.5. The van der Waals surface area contributed by atoms with E-state index in [9.17, 15) is 4.79 Å². The second kappa shape index (κ2) is 6.15. The van der Waals surface area contributed by atoms with Gasteiger partial charge in [-0.15, -0.1) is 5.10 Å². The van der Waals surface area contributed by atoms with Gasteiger partial charge in [-0.05, 0) is 31.2 Å². The van der Waals surface area contributed by atoms with Crippen LogP contribution in [-0.2, 0) is 0 Å². The summed E-state index contributed by atoms with van der Waals surface area (Å²) < 4.78 is 1.59. The Hall–Kier alpha value is -3.40. The van der Waals surface area contributed by atoms with Crippen molar-refractivity contribution >= 4 is 17.5 Å². The predicted octanol–water partition coefficient (Wildman–Crippen LogP) is 2.41. The maximum Gasteiger partial charge on any atom is 0.320 e. The molecule has 0 saturated carbocycles. The van der Waals surface area contributed by atoms with Crippen LogP contribution >= 0.6 is 0 Å². The van der Waals surface area contributed by atoms with E-state index in [1.165, 1.54) is 0 Å². The quantitative estimate of drug-likeness (QED) is 0.776. The van der Waals surface area contributed by atoms with Crippen molar-refractivity contribution in [2.75, 3.05) is 11.9 Å². The highest BCUT2D eigenvalue weighted by Gasteiger charge is 2.08. The summed E-state index contributed by atoms with van der Waals surface area (Å²) in [5.74, 6) is 0.429. The minimum Gasteiger partial charge on any atom is -0.338 e. The molecule has 7 nitrogen and oxygen atoms in total. The molecular formula is C16H14N6O. The number of amides is 2. The van der Waals surface area contributed by atoms with Crippen molar-refractivity contribution in [2.45, 2.75) is 6.92 Å². The summed E-state index contributed by atoms with van der Waals surface area (Å²) in [4.78, 5) is 16.0. The van der Waals surface area contributed by atoms with Gasteiger partial charge in [0.2, 0.25) is 0 Å². The fourth-order valence-corrected chi connectivity index (χ4v) is 2.16. The highest BCUT2D eigenvalue weighted by Crippen LogP contribution is 2.20. The lowest BCUT2D eigenvalue weighted by molar-refractivity contribution is 0.252. The van der Waals surface area contributed by atoms with Crippen LogP contribution in [0.15, 0.2) is 42.6 Å². The lowest BCUT2D eigenvalue weighted by atomic mass is 10.1. The summed E-state index contributed by atoms with van der Waals surface area (Å²) in [6.07, 6.45) is 1.76. The lowest BCUT2D eigenvalue weighted by Gasteiger charge is -2.04. The Balaban J connectivity index is 1.93. The average Bonchev–Trinajstić information content (AvgIpc) is 2.98. The van der Waals surface area contributed by atoms with Crippen molar-refractivity contribution in [3.05, 3.63) is 48.2 Å². The second-order valence-corrected chi connectivity index (χ2v) is 4.82. The Kier molecular flexibility index (Phi) is 3.89. The first kappa shape index (κ1) is 14.5. The Bertz CT molecular complexity index is 908. The van der Waals surface area contributed by atoms with Gasteiger partial charge in [0.1, 0.15) is 0 Å². The number of imidazole rings is 1. The molecule has 2 N–H and O–H groups in total. The molecule has 1 aromatic carbocycles. The number of nitrogens with zero attached hydrogens (tertiary/aromatic N) is 4. The fraction of sp³-hybridized carbons (Fsp3) is 0.125. The number of fused-ring (bicyclic) bond motifs is 1. The zero-order valence-electron chi connectivity index (χ0n) is 12.4. The monoisotopic (exact) mass is 306 g/mol. The number of anilines is 1. The van der Waals surface area contributed by atoms with Gasteiger partial charge in [0.05, 0.1) is 23.5 Å². The summed E-state index contributed by atoms with van der Waals surface area (Å²) in [5, 5.41) is 18.6. The zero-order valence-corrected chi connectivity index (χ0v) is 12.4. The number of nitriles is 1. The van der Waals surface area contributed by atoms with Crippen LogP contribution in [0, 0.1) is 11.3 Å². The smallest absolute Gasteiger partial charge is 0.320 e. The van der Waals surface area contributed by atoms with Crippen molar-refractivity contribution in [3.8, 4) is 17.3 Å². The van der Waals surface area contributed by atoms with Crippen LogP contribution in [0.2, 0.25) is 0 Å². The molecule has 2 heterocycles. The maximum atomic E-state index is 11.5. The molecule has 0 aliphatic rings. The number of aromatic nitrogens is 3. The number of hydrogen-bond donors (Lipinski definition) is 2. The zero-order chi connectivity index (χ0) is 16.2. The SMILES string of the molecule is CCNC(=O)Nc1ccc2nc(-c3cccc(C#N)c3)cn2n1. The number of benzene rings is 1. The summed E-state index contributed by atoms with van der Waals surface area (Å²) >= 11 is 0. The van der Waals surface area contributed by atoms with Crippen LogP contribution in [0.4, 0.5) is 10.6 Å². The number of urea groups is 1. The molecule has 0 unspecified atom stereocenters. The first-order valence-electron chi connectivity index (χ1n) is 7.11. The molecular weight excluding hydrogens is 292 g/mol. The molecule has 0 saturated heterocycles. The van der Waals surface area contributed by atoms with Crippen LogP contribution in [0.25, 0.3) is 16.9 Å². The van der Waals surface area contributed by atoms with Gasteiger partial charge in [-0.3, -0.25) is 5.32 Å². The van der Waals surface area contributed by atoms with E-state index < -0.39 is 0 Å². The van der Waals surface area contributed by atoms with Gasteiger partial charge in [0.15, 0.2) is 11.5 Å². The van der Waals surface area contributed by atoms with Gasteiger partial charge in [0, 0.05) is 12.1 Å². The van der Waals surface area contributed by atoms with Gasteiger partial charge in [-0.2, -0.15) is 5.26 Å². The molecule has 114 valence electrons. The number of carbonyl (C=O) groups is 1. The van der Waals surface area contributed by atoms with Crippen molar-refractivity contribution in [1.29, 1.82) is 5.26 Å². The number of rotatable bonds is 3. The van der Waals surface area contributed by atoms with Crippen LogP contribution in [-0.4, -0.2) is 27.2 Å². The molecule has 0 fully saturated rings. The summed E-state index contributed by atoms with van der Waals surface area (Å²) in [6, 6.07) is 12.5. The highest BCUT2D eigenvalue weighted by atomic mass is 16.2. The molecule has 2 aromatic heterocycles. The van der Waals surface area contributed by atoms with Gasteiger partial charge in [-0.1, -0.05) is 12.1 Å². The predicted molar refractivity (Wildman–Crippen MR) is 85.8 cm³/mol. The number of carbonyl (C=O) groups excluding carboxylic acids is 1. The molecule has 0 bridgehead atoms. The van der Waals surface area contributed by atoms with Crippen LogP contribution in [0.1, 0.15) is 12.5 Å². The van der Waals surface area contributed by atoms with E-state index >= 15 is 0 Å². The van der Waals surface area contributed by atoms with Crippen LogP contribution < -0.4 is 10.6 Å². The Morgan fingerprint density at radius 2 is 2.22 bits per heavy atom. The lowest BCUT2D eigenvalue weighted by Crippen LogP contribution is -2.28. The largest absolute Gasteiger partial charge is 0.338 e. The van der Waals surface area contributed by atoms with E-state index in [1.54, 1.807) is 35.0 Å². The van der Waals surface area contributed by atoms with Crippen LogP contribution in [0.5, 0.6) is 0 Å². The standard InChI is InChI=1S/C16H14N6O/c1-2-18-16(23)20-14-6-7-15-19-13(10-22(15)21-14)12-5-3-4-11(8-12)9-17/h3-8,10H,2H2,1H3,(H2,18,20,21,23). The van der Waals surface area contributed by atoms with Gasteiger partial charge in [-0.25, -0.2) is 14.3 Å². The van der Waals surface area contributed by atoms with E-state index in [1.807, 2.05) is 19.1 Å². The summed E-state index contributed by atoms with van der Waals surface area (Å²) in [5.41, 5.74) is 2.78. The van der Waals surface area contributed by atoms with Crippen molar-refractivity contribution in [2.24, 2.45) is 0 Å². The minimum absolute atomic E-state index is 0.304. The second-order valence-electron chi connectivity index (χ2n) is 4.82. The molecule has 0 spiro atoms. The number of hydrogen-bond acceptors (Lipinski definition) is 4. The molecule has 7 heteroatoms. The Morgan fingerprint density at radius 3 is 3.00 bits per heavy atom. The molecule has 3 aromatic rings. The van der Waals surface area contributed by atoms with Gasteiger partial charge < -0.3 is 5.32 Å². The van der Waals surface area contributed by atoms with E-state index in [2.05, 4.69) is 26.8 Å². The Morgan fingerprint density at radius 1 is 1.35 bits per heavy atom. The molecule has 0 aliphatic heterocycles.